The van der Waals surface area contributed by atoms with E-state index in [1.165, 1.54) is 0 Å². The maximum absolute atomic E-state index is 13.2. The fraction of sp³-hybridized carbons (Fsp3) is 0.391. The number of hydrogen-bond donors (Lipinski definition) is 1. The standard InChI is InChI=1S/C23H28Cl2N2O3/c1-5-15(2)26-23(29)16(3)27(14-18-8-9-19(24)13-21(18)25)22(28)12-17-6-10-20(30-4)11-7-17/h6-11,13,15-16H,5,12,14H2,1-4H3,(H,26,29)/t15-,16+/m1/s1. The molecule has 0 bridgehead atoms. The number of amides is 2. The molecule has 0 radical (unpaired) electrons. The highest BCUT2D eigenvalue weighted by Gasteiger charge is 2.27. The molecule has 7 heteroatoms. The lowest BCUT2D eigenvalue weighted by molar-refractivity contribution is -0.140. The molecule has 0 unspecified atom stereocenters. The van der Waals surface area contributed by atoms with Gasteiger partial charge in [-0.05, 0) is 55.7 Å². The molecule has 0 saturated carbocycles. The minimum Gasteiger partial charge on any atom is -0.497 e. The van der Waals surface area contributed by atoms with Crippen LogP contribution in [0.1, 0.15) is 38.3 Å². The molecule has 0 aliphatic carbocycles. The van der Waals surface area contributed by atoms with Crippen LogP contribution in [0.5, 0.6) is 5.75 Å². The van der Waals surface area contributed by atoms with Crippen molar-refractivity contribution in [3.05, 3.63) is 63.6 Å². The Morgan fingerprint density at radius 3 is 2.33 bits per heavy atom. The molecular formula is C23H28Cl2N2O3. The lowest BCUT2D eigenvalue weighted by Gasteiger charge is -2.30. The predicted molar refractivity (Wildman–Crippen MR) is 121 cm³/mol. The SMILES string of the molecule is CC[C@@H](C)NC(=O)[C@H](C)N(Cc1ccc(Cl)cc1Cl)C(=O)Cc1ccc(OC)cc1. The third-order valence-electron chi connectivity index (χ3n) is 5.04. The lowest BCUT2D eigenvalue weighted by atomic mass is 10.1. The molecule has 0 aliphatic heterocycles. The number of ether oxygens (including phenoxy) is 1. The van der Waals surface area contributed by atoms with Gasteiger partial charge in [0.15, 0.2) is 0 Å². The van der Waals surface area contributed by atoms with Crippen molar-refractivity contribution in [1.82, 2.24) is 10.2 Å². The number of methoxy groups -OCH3 is 1. The highest BCUT2D eigenvalue weighted by atomic mass is 35.5. The predicted octanol–water partition coefficient (Wildman–Crippen LogP) is 4.88. The zero-order valence-electron chi connectivity index (χ0n) is 17.7. The summed E-state index contributed by atoms with van der Waals surface area (Å²) in [5.74, 6) is 0.354. The third kappa shape index (κ3) is 6.64. The molecular weight excluding hydrogens is 423 g/mol. The van der Waals surface area contributed by atoms with Crippen molar-refractivity contribution in [1.29, 1.82) is 0 Å². The van der Waals surface area contributed by atoms with Gasteiger partial charge in [0.25, 0.3) is 0 Å². The zero-order chi connectivity index (χ0) is 22.3. The van der Waals surface area contributed by atoms with E-state index in [2.05, 4.69) is 5.32 Å². The van der Waals surface area contributed by atoms with Gasteiger partial charge in [0.1, 0.15) is 11.8 Å². The Morgan fingerprint density at radius 1 is 1.10 bits per heavy atom. The molecule has 162 valence electrons. The van der Waals surface area contributed by atoms with Gasteiger partial charge in [-0.15, -0.1) is 0 Å². The maximum Gasteiger partial charge on any atom is 0.242 e. The second-order valence-corrected chi connectivity index (χ2v) is 8.12. The van der Waals surface area contributed by atoms with Crippen LogP contribution in [0.4, 0.5) is 0 Å². The van der Waals surface area contributed by atoms with Crippen LogP contribution in [-0.2, 0) is 22.6 Å². The molecule has 0 spiro atoms. The van der Waals surface area contributed by atoms with E-state index < -0.39 is 6.04 Å². The smallest absolute Gasteiger partial charge is 0.242 e. The van der Waals surface area contributed by atoms with Gasteiger partial charge in [0.2, 0.25) is 11.8 Å². The Hall–Kier alpha value is -2.24. The highest BCUT2D eigenvalue weighted by Crippen LogP contribution is 2.24. The average Bonchev–Trinajstić information content (AvgIpc) is 2.73. The number of nitrogens with zero attached hydrogens (tertiary/aromatic N) is 1. The zero-order valence-corrected chi connectivity index (χ0v) is 19.3. The minimum atomic E-state index is -0.656. The second kappa shape index (κ2) is 11.2. The van der Waals surface area contributed by atoms with E-state index in [1.807, 2.05) is 38.1 Å². The average molecular weight is 451 g/mol. The van der Waals surface area contributed by atoms with E-state index in [-0.39, 0.29) is 30.8 Å². The number of halogens is 2. The topological polar surface area (TPSA) is 58.6 Å². The molecule has 1 N–H and O–H groups in total. The normalized spacial score (nSPS) is 12.7. The first-order chi connectivity index (χ1) is 14.2. The van der Waals surface area contributed by atoms with Gasteiger partial charge in [0, 0.05) is 22.6 Å². The summed E-state index contributed by atoms with van der Waals surface area (Å²) in [6.07, 6.45) is 0.970. The molecule has 2 aromatic rings. The first-order valence-electron chi connectivity index (χ1n) is 9.91. The van der Waals surface area contributed by atoms with Crippen LogP contribution >= 0.6 is 23.2 Å². The molecule has 2 rings (SSSR count). The Kier molecular flexibility index (Phi) is 9.00. The van der Waals surface area contributed by atoms with Crippen molar-refractivity contribution < 1.29 is 14.3 Å². The van der Waals surface area contributed by atoms with Crippen LogP contribution in [-0.4, -0.2) is 35.9 Å². The Balaban J connectivity index is 2.25. The summed E-state index contributed by atoms with van der Waals surface area (Å²) >= 11 is 12.3. The maximum atomic E-state index is 13.2. The van der Waals surface area contributed by atoms with E-state index in [9.17, 15) is 9.59 Å². The van der Waals surface area contributed by atoms with E-state index in [0.717, 1.165) is 23.3 Å². The van der Waals surface area contributed by atoms with Crippen LogP contribution in [0.25, 0.3) is 0 Å². The second-order valence-electron chi connectivity index (χ2n) is 7.28. The van der Waals surface area contributed by atoms with Crippen molar-refractivity contribution in [2.75, 3.05) is 7.11 Å². The Bertz CT molecular complexity index is 871. The molecule has 2 aromatic carbocycles. The van der Waals surface area contributed by atoms with Gasteiger partial charge in [-0.3, -0.25) is 9.59 Å². The van der Waals surface area contributed by atoms with Crippen LogP contribution in [0.15, 0.2) is 42.5 Å². The molecule has 0 aromatic heterocycles. The summed E-state index contributed by atoms with van der Waals surface area (Å²) < 4.78 is 5.17. The summed E-state index contributed by atoms with van der Waals surface area (Å²) in [6.45, 7) is 5.87. The van der Waals surface area contributed by atoms with Gasteiger partial charge >= 0.3 is 0 Å². The minimum absolute atomic E-state index is 0.0256. The van der Waals surface area contributed by atoms with Crippen LogP contribution in [0, 0.1) is 0 Å². The van der Waals surface area contributed by atoms with Crippen molar-refractivity contribution >= 4 is 35.0 Å². The molecule has 0 aliphatic rings. The summed E-state index contributed by atoms with van der Waals surface area (Å²) in [6, 6.07) is 11.8. The third-order valence-corrected chi connectivity index (χ3v) is 5.63. The van der Waals surface area contributed by atoms with Crippen LogP contribution < -0.4 is 10.1 Å². The number of benzene rings is 2. The van der Waals surface area contributed by atoms with Gasteiger partial charge in [0.05, 0.1) is 13.5 Å². The van der Waals surface area contributed by atoms with Crippen molar-refractivity contribution in [2.45, 2.75) is 52.2 Å². The summed E-state index contributed by atoms with van der Waals surface area (Å²) in [5.41, 5.74) is 1.56. The molecule has 0 heterocycles. The van der Waals surface area contributed by atoms with Gasteiger partial charge in [-0.25, -0.2) is 0 Å². The quantitative estimate of drug-likeness (QED) is 0.592. The van der Waals surface area contributed by atoms with Crippen molar-refractivity contribution in [3.63, 3.8) is 0 Å². The molecule has 0 fully saturated rings. The summed E-state index contributed by atoms with van der Waals surface area (Å²) in [5, 5.41) is 3.92. The largest absolute Gasteiger partial charge is 0.497 e. The number of nitrogens with one attached hydrogen (secondary N) is 1. The van der Waals surface area contributed by atoms with E-state index in [4.69, 9.17) is 27.9 Å². The van der Waals surface area contributed by atoms with Crippen molar-refractivity contribution in [3.8, 4) is 5.75 Å². The van der Waals surface area contributed by atoms with Gasteiger partial charge in [-0.1, -0.05) is 48.3 Å². The fourth-order valence-corrected chi connectivity index (χ4v) is 3.37. The molecule has 30 heavy (non-hydrogen) atoms. The number of carbonyl (C=O) groups is 2. The van der Waals surface area contributed by atoms with E-state index in [1.54, 1.807) is 37.1 Å². The first-order valence-corrected chi connectivity index (χ1v) is 10.7. The lowest BCUT2D eigenvalue weighted by Crippen LogP contribution is -2.49. The van der Waals surface area contributed by atoms with Crippen LogP contribution in [0.2, 0.25) is 10.0 Å². The Labute approximate surface area is 188 Å². The van der Waals surface area contributed by atoms with Gasteiger partial charge in [-0.2, -0.15) is 0 Å². The fourth-order valence-electron chi connectivity index (χ4n) is 2.90. The summed E-state index contributed by atoms with van der Waals surface area (Å²) in [7, 11) is 1.59. The molecule has 2 atom stereocenters. The number of hydrogen-bond acceptors (Lipinski definition) is 3. The molecule has 2 amide bonds. The number of rotatable bonds is 9. The van der Waals surface area contributed by atoms with Gasteiger partial charge < -0.3 is 15.0 Å². The van der Waals surface area contributed by atoms with Crippen molar-refractivity contribution in [2.24, 2.45) is 0 Å². The monoisotopic (exact) mass is 450 g/mol. The number of carbonyl (C=O) groups excluding carboxylic acids is 2. The first kappa shape index (κ1) is 24.0. The van der Waals surface area contributed by atoms with E-state index in [0.29, 0.717) is 10.0 Å². The van der Waals surface area contributed by atoms with E-state index >= 15 is 0 Å². The molecule has 0 saturated heterocycles. The molecule has 5 nitrogen and oxygen atoms in total. The van der Waals surface area contributed by atoms with Crippen LogP contribution in [0.3, 0.4) is 0 Å². The summed E-state index contributed by atoms with van der Waals surface area (Å²) in [4.78, 5) is 27.5. The Morgan fingerprint density at radius 2 is 1.77 bits per heavy atom. The highest BCUT2D eigenvalue weighted by molar-refractivity contribution is 6.35.